The Bertz CT molecular complexity index is 523. The lowest BCUT2D eigenvalue weighted by Gasteiger charge is -1.96. The van der Waals surface area contributed by atoms with Crippen LogP contribution >= 0.6 is 12.6 Å². The molecule has 1 nitrogen and oxygen atoms in total. The third-order valence-electron chi connectivity index (χ3n) is 2.05. The minimum Gasteiger partial charge on any atom is -0.239 e. The lowest BCUT2D eigenvalue weighted by molar-refractivity contribution is 1.30. The Hall–Kier alpha value is -1.46. The van der Waals surface area contributed by atoms with Crippen LogP contribution in [-0.4, -0.2) is 10.7 Å². The largest absolute Gasteiger partial charge is 0.239 e. The lowest BCUT2D eigenvalue weighted by Crippen LogP contribution is -1.83. The zero-order valence-corrected chi connectivity index (χ0v) is 9.17. The average Bonchev–Trinajstić information content (AvgIpc) is 2.29. The van der Waals surface area contributed by atoms with Gasteiger partial charge in [0, 0.05) is 17.6 Å². The van der Waals surface area contributed by atoms with E-state index in [9.17, 15) is 0 Å². The molecule has 74 valence electrons. The SMILES string of the molecule is SCCC#Cc1ccc2ccccc2n1. The molecule has 1 aromatic carbocycles. The Balaban J connectivity index is 2.36. The van der Waals surface area contributed by atoms with Gasteiger partial charge in [0.15, 0.2) is 0 Å². The Labute approximate surface area is 94.9 Å². The molecule has 2 heteroatoms. The first-order valence-corrected chi connectivity index (χ1v) is 5.49. The molecular formula is C13H11NS. The van der Waals surface area contributed by atoms with Crippen molar-refractivity contribution in [3.63, 3.8) is 0 Å². The Morgan fingerprint density at radius 3 is 2.87 bits per heavy atom. The van der Waals surface area contributed by atoms with Gasteiger partial charge in [-0.3, -0.25) is 0 Å². The number of pyridine rings is 1. The molecule has 0 aliphatic heterocycles. The monoisotopic (exact) mass is 213 g/mol. The van der Waals surface area contributed by atoms with Crippen molar-refractivity contribution in [3.8, 4) is 11.8 Å². The van der Waals surface area contributed by atoms with Crippen molar-refractivity contribution in [3.05, 3.63) is 42.1 Å². The van der Waals surface area contributed by atoms with Gasteiger partial charge in [0.1, 0.15) is 5.69 Å². The van der Waals surface area contributed by atoms with E-state index in [1.807, 2.05) is 36.4 Å². The number of fused-ring (bicyclic) bond motifs is 1. The minimum absolute atomic E-state index is 0.792. The minimum atomic E-state index is 0.792. The maximum absolute atomic E-state index is 4.45. The fourth-order valence-electron chi connectivity index (χ4n) is 1.34. The molecule has 0 amide bonds. The van der Waals surface area contributed by atoms with Gasteiger partial charge in [-0.1, -0.05) is 30.2 Å². The van der Waals surface area contributed by atoms with Crippen molar-refractivity contribution in [1.82, 2.24) is 4.98 Å². The van der Waals surface area contributed by atoms with Gasteiger partial charge >= 0.3 is 0 Å². The summed E-state index contributed by atoms with van der Waals surface area (Å²) < 4.78 is 0. The fraction of sp³-hybridized carbons (Fsp3) is 0.154. The van der Waals surface area contributed by atoms with E-state index in [0.29, 0.717) is 0 Å². The van der Waals surface area contributed by atoms with Gasteiger partial charge in [-0.15, -0.1) is 0 Å². The standard InChI is InChI=1S/C13H11NS/c15-10-4-3-6-12-9-8-11-5-1-2-7-13(11)14-12/h1-2,5,7-9,15H,4,10H2. The van der Waals surface area contributed by atoms with Gasteiger partial charge in [0.25, 0.3) is 0 Å². The summed E-state index contributed by atoms with van der Waals surface area (Å²) in [6.07, 6.45) is 0.803. The molecule has 0 saturated heterocycles. The molecule has 0 saturated carbocycles. The molecule has 2 rings (SSSR count). The summed E-state index contributed by atoms with van der Waals surface area (Å²) in [5.74, 6) is 6.85. The van der Waals surface area contributed by atoms with Crippen LogP contribution < -0.4 is 0 Å². The van der Waals surface area contributed by atoms with Crippen LogP contribution in [0, 0.1) is 11.8 Å². The van der Waals surface area contributed by atoms with Crippen LogP contribution in [-0.2, 0) is 0 Å². The van der Waals surface area contributed by atoms with E-state index in [1.54, 1.807) is 0 Å². The van der Waals surface area contributed by atoms with Crippen LogP contribution in [0.2, 0.25) is 0 Å². The number of benzene rings is 1. The van der Waals surface area contributed by atoms with Gasteiger partial charge < -0.3 is 0 Å². The molecule has 0 atom stereocenters. The van der Waals surface area contributed by atoms with Crippen LogP contribution in [0.5, 0.6) is 0 Å². The zero-order valence-electron chi connectivity index (χ0n) is 8.27. The maximum Gasteiger partial charge on any atom is 0.113 e. The predicted octanol–water partition coefficient (Wildman–Crippen LogP) is 2.91. The van der Waals surface area contributed by atoms with Crippen LogP contribution in [0.3, 0.4) is 0 Å². The molecule has 0 N–H and O–H groups in total. The van der Waals surface area contributed by atoms with E-state index in [1.165, 1.54) is 0 Å². The first kappa shape index (κ1) is 10.1. The van der Waals surface area contributed by atoms with Crippen molar-refractivity contribution in [2.45, 2.75) is 6.42 Å². The third kappa shape index (κ3) is 2.51. The predicted molar refractivity (Wildman–Crippen MR) is 67.1 cm³/mol. The highest BCUT2D eigenvalue weighted by Crippen LogP contribution is 2.10. The molecule has 1 aromatic heterocycles. The number of rotatable bonds is 1. The molecule has 15 heavy (non-hydrogen) atoms. The molecular weight excluding hydrogens is 202 g/mol. The second kappa shape index (κ2) is 4.86. The van der Waals surface area contributed by atoms with Crippen molar-refractivity contribution < 1.29 is 0 Å². The van der Waals surface area contributed by atoms with Crippen LogP contribution in [0.1, 0.15) is 12.1 Å². The van der Waals surface area contributed by atoms with Gasteiger partial charge in [-0.05, 0) is 18.1 Å². The highest BCUT2D eigenvalue weighted by molar-refractivity contribution is 7.80. The summed E-state index contributed by atoms with van der Waals surface area (Å²) in [6, 6.07) is 12.0. The van der Waals surface area contributed by atoms with E-state index >= 15 is 0 Å². The summed E-state index contributed by atoms with van der Waals surface area (Å²) in [6.45, 7) is 0. The average molecular weight is 213 g/mol. The van der Waals surface area contributed by atoms with Gasteiger partial charge in [-0.2, -0.15) is 12.6 Å². The second-order valence-electron chi connectivity index (χ2n) is 3.16. The number of hydrogen-bond donors (Lipinski definition) is 1. The first-order chi connectivity index (χ1) is 7.40. The summed E-state index contributed by atoms with van der Waals surface area (Å²) >= 11 is 4.10. The van der Waals surface area contributed by atoms with E-state index in [0.717, 1.165) is 28.8 Å². The summed E-state index contributed by atoms with van der Waals surface area (Å²) in [7, 11) is 0. The highest BCUT2D eigenvalue weighted by atomic mass is 32.1. The zero-order chi connectivity index (χ0) is 10.5. The van der Waals surface area contributed by atoms with E-state index in [-0.39, 0.29) is 0 Å². The fourth-order valence-corrected chi connectivity index (χ4v) is 1.46. The molecule has 0 aliphatic rings. The first-order valence-electron chi connectivity index (χ1n) is 4.86. The van der Waals surface area contributed by atoms with E-state index in [4.69, 9.17) is 0 Å². The molecule has 0 spiro atoms. The van der Waals surface area contributed by atoms with Crippen molar-refractivity contribution in [1.29, 1.82) is 0 Å². The maximum atomic E-state index is 4.45. The molecule has 0 bridgehead atoms. The lowest BCUT2D eigenvalue weighted by atomic mass is 10.2. The Morgan fingerprint density at radius 1 is 1.13 bits per heavy atom. The summed E-state index contributed by atoms with van der Waals surface area (Å²) in [5, 5.41) is 1.15. The van der Waals surface area contributed by atoms with E-state index < -0.39 is 0 Å². The van der Waals surface area contributed by atoms with Gasteiger partial charge in [0.05, 0.1) is 5.52 Å². The smallest absolute Gasteiger partial charge is 0.113 e. The topological polar surface area (TPSA) is 12.9 Å². The summed E-state index contributed by atoms with van der Waals surface area (Å²) in [4.78, 5) is 4.45. The third-order valence-corrected chi connectivity index (χ3v) is 2.28. The second-order valence-corrected chi connectivity index (χ2v) is 3.61. The Kier molecular flexibility index (Phi) is 3.26. The van der Waals surface area contributed by atoms with Crippen LogP contribution in [0.4, 0.5) is 0 Å². The van der Waals surface area contributed by atoms with Crippen molar-refractivity contribution >= 4 is 23.5 Å². The molecule has 1 heterocycles. The molecule has 2 aromatic rings. The van der Waals surface area contributed by atoms with Crippen LogP contribution in [0.15, 0.2) is 36.4 Å². The molecule has 0 fully saturated rings. The molecule has 0 radical (unpaired) electrons. The molecule has 0 aliphatic carbocycles. The number of para-hydroxylation sites is 1. The normalized spacial score (nSPS) is 9.67. The highest BCUT2D eigenvalue weighted by Gasteiger charge is 1.93. The number of nitrogens with zero attached hydrogens (tertiary/aromatic N) is 1. The van der Waals surface area contributed by atoms with Crippen molar-refractivity contribution in [2.24, 2.45) is 0 Å². The molecule has 0 unspecified atom stereocenters. The quantitative estimate of drug-likeness (QED) is 0.567. The van der Waals surface area contributed by atoms with Gasteiger partial charge in [0.2, 0.25) is 0 Å². The van der Waals surface area contributed by atoms with Crippen LogP contribution in [0.25, 0.3) is 10.9 Å². The van der Waals surface area contributed by atoms with Crippen molar-refractivity contribution in [2.75, 3.05) is 5.75 Å². The van der Waals surface area contributed by atoms with Gasteiger partial charge in [-0.25, -0.2) is 4.98 Å². The number of thiol groups is 1. The number of aromatic nitrogens is 1. The Morgan fingerprint density at radius 2 is 2.00 bits per heavy atom. The summed E-state index contributed by atoms with van der Waals surface area (Å²) in [5.41, 5.74) is 1.82. The van der Waals surface area contributed by atoms with E-state index in [2.05, 4.69) is 29.5 Å². The number of hydrogen-bond acceptors (Lipinski definition) is 2.